The summed E-state index contributed by atoms with van der Waals surface area (Å²) in [5, 5.41) is 1.46. The first kappa shape index (κ1) is 37.6. The maximum atomic E-state index is 14.6. The van der Waals surface area contributed by atoms with Crippen LogP contribution in [0, 0.1) is 0 Å². The second-order valence-electron chi connectivity index (χ2n) is 17.5. The molecule has 0 aromatic heterocycles. The number of benzene rings is 2. The monoisotopic (exact) mass is 697 g/mol. The Morgan fingerprint density at radius 2 is 1.21 bits per heavy atom. The van der Waals surface area contributed by atoms with Crippen LogP contribution < -0.4 is 19.5 Å². The summed E-state index contributed by atoms with van der Waals surface area (Å²) in [6.07, 6.45) is 13.3. The van der Waals surface area contributed by atoms with E-state index < -0.39 is 23.7 Å². The van der Waals surface area contributed by atoms with Gasteiger partial charge in [-0.1, -0.05) is 88.0 Å². The number of methoxy groups -OCH3 is 1. The van der Waals surface area contributed by atoms with E-state index in [1.807, 2.05) is 0 Å². The average molecular weight is 698 g/mol. The predicted octanol–water partition coefficient (Wildman–Crippen LogP) is 10.3. The molecule has 0 saturated heterocycles. The topological polar surface area (TPSA) is 48.0 Å². The van der Waals surface area contributed by atoms with Crippen molar-refractivity contribution >= 4 is 24.2 Å². The molecular weight excluding hydrogens is 633 g/mol. The first-order valence-electron chi connectivity index (χ1n) is 18.6. The van der Waals surface area contributed by atoms with Crippen molar-refractivity contribution < 1.29 is 18.4 Å². The minimum absolute atomic E-state index is 0.153. The largest absolute Gasteiger partial charge is 0.496 e. The standard InChI is InChI=1S/C41H64NO4PS/c1-39(2,3)32-24-28(25-33(38(32)44-11)40(4,5)6)37(42(10)48(43)41(7,8)9)31-26-34-35(46-23-22-45-34)27-36(31)47(29-18-14-12-15-19-29)30-20-16-13-17-21-30/h24-27,29-30,37H,12-23H2,1-11H3/t37-,48+/m0/s1. The van der Waals surface area contributed by atoms with Crippen molar-refractivity contribution in [3.8, 4) is 17.2 Å². The molecule has 5 rings (SSSR count). The average Bonchev–Trinajstić information content (AvgIpc) is 3.04. The summed E-state index contributed by atoms with van der Waals surface area (Å²) >= 11 is 0. The maximum Gasteiger partial charge on any atom is 0.162 e. The first-order chi connectivity index (χ1) is 22.5. The fourth-order valence-electron chi connectivity index (χ4n) is 8.20. The Hall–Kier alpha value is -1.62. The van der Waals surface area contributed by atoms with Gasteiger partial charge in [-0.2, -0.15) is 0 Å². The number of hydrogen-bond acceptors (Lipinski definition) is 4. The van der Waals surface area contributed by atoms with Crippen LogP contribution in [0.3, 0.4) is 0 Å². The lowest BCUT2D eigenvalue weighted by Crippen LogP contribution is -2.40. The summed E-state index contributed by atoms with van der Waals surface area (Å²) in [4.78, 5) is 0. The van der Waals surface area contributed by atoms with Crippen molar-refractivity contribution in [3.05, 3.63) is 46.5 Å². The number of fused-ring (bicyclic) bond motifs is 1. The highest BCUT2D eigenvalue weighted by Crippen LogP contribution is 2.57. The molecule has 0 N–H and O–H groups in total. The smallest absolute Gasteiger partial charge is 0.162 e. The molecule has 7 heteroatoms. The highest BCUT2D eigenvalue weighted by atomic mass is 32.2. The van der Waals surface area contributed by atoms with Crippen LogP contribution in [0.4, 0.5) is 0 Å². The molecule has 2 atom stereocenters. The van der Waals surface area contributed by atoms with Crippen LogP contribution in [-0.2, 0) is 21.8 Å². The summed E-state index contributed by atoms with van der Waals surface area (Å²) < 4.78 is 35.2. The van der Waals surface area contributed by atoms with Crippen LogP contribution in [0.2, 0.25) is 0 Å². The van der Waals surface area contributed by atoms with E-state index in [0.29, 0.717) is 24.5 Å². The lowest BCUT2D eigenvalue weighted by molar-refractivity contribution is 0.171. The molecule has 2 saturated carbocycles. The Morgan fingerprint density at radius 3 is 1.62 bits per heavy atom. The molecule has 2 aromatic rings. The molecule has 268 valence electrons. The van der Waals surface area contributed by atoms with Crippen LogP contribution in [0.1, 0.15) is 155 Å². The molecule has 0 radical (unpaired) electrons. The first-order valence-corrected chi connectivity index (χ1v) is 21.2. The molecule has 0 spiro atoms. The second kappa shape index (κ2) is 14.9. The minimum Gasteiger partial charge on any atom is -0.496 e. The quantitative estimate of drug-likeness (QED) is 0.258. The summed E-state index contributed by atoms with van der Waals surface area (Å²) in [7, 11) is 2.13. The Bertz CT molecular complexity index is 1390. The summed E-state index contributed by atoms with van der Waals surface area (Å²) in [6.45, 7) is 21.0. The molecule has 5 nitrogen and oxygen atoms in total. The fourth-order valence-corrected chi connectivity index (χ4v) is 13.5. The predicted molar refractivity (Wildman–Crippen MR) is 206 cm³/mol. The molecule has 0 amide bonds. The normalized spacial score (nSPS) is 19.9. The summed E-state index contributed by atoms with van der Waals surface area (Å²) in [5.41, 5.74) is 5.92. The molecule has 2 aliphatic carbocycles. The fraction of sp³-hybridized carbons (Fsp3) is 0.707. The van der Waals surface area contributed by atoms with Gasteiger partial charge in [-0.3, -0.25) is 0 Å². The van der Waals surface area contributed by atoms with Gasteiger partial charge in [0.25, 0.3) is 0 Å². The van der Waals surface area contributed by atoms with Crippen LogP contribution >= 0.6 is 7.92 Å². The third kappa shape index (κ3) is 8.13. The van der Waals surface area contributed by atoms with E-state index in [1.54, 1.807) is 7.11 Å². The van der Waals surface area contributed by atoms with Crippen molar-refractivity contribution in [2.24, 2.45) is 0 Å². The molecule has 2 fully saturated rings. The van der Waals surface area contributed by atoms with Gasteiger partial charge >= 0.3 is 0 Å². The second-order valence-corrected chi connectivity index (χ2v) is 22.6. The third-order valence-corrected chi connectivity index (χ3v) is 15.9. The molecule has 1 aliphatic heterocycles. The van der Waals surface area contributed by atoms with Crippen molar-refractivity contribution in [1.29, 1.82) is 0 Å². The highest BCUT2D eigenvalue weighted by molar-refractivity contribution is 7.84. The van der Waals surface area contributed by atoms with Crippen LogP contribution in [-0.4, -0.2) is 52.0 Å². The van der Waals surface area contributed by atoms with Gasteiger partial charge in [-0.15, -0.1) is 0 Å². The molecule has 3 aliphatic rings. The number of hydrogen-bond donors (Lipinski definition) is 0. The summed E-state index contributed by atoms with van der Waals surface area (Å²) in [5.74, 6) is 2.67. The number of rotatable bonds is 8. The zero-order valence-electron chi connectivity index (χ0n) is 32.0. The van der Waals surface area contributed by atoms with Crippen LogP contribution in [0.5, 0.6) is 17.2 Å². The van der Waals surface area contributed by atoms with E-state index in [9.17, 15) is 4.21 Å². The minimum atomic E-state index is -1.27. The Labute approximate surface area is 296 Å². The van der Waals surface area contributed by atoms with Gasteiger partial charge in [0, 0.05) is 18.2 Å². The van der Waals surface area contributed by atoms with Gasteiger partial charge in [0.05, 0.1) is 17.9 Å². The van der Waals surface area contributed by atoms with E-state index in [4.69, 9.17) is 14.2 Å². The van der Waals surface area contributed by atoms with E-state index >= 15 is 0 Å². The molecular formula is C41H64NO4PS. The SMILES string of the molecule is COc1c(C(C)(C)C)cc([C@@H](c2cc3c(cc2P(C2CCCCC2)C2CCCCC2)OCCO3)N(C)[S@](=O)C(C)(C)C)cc1C(C)(C)C. The Balaban J connectivity index is 1.85. The van der Waals surface area contributed by atoms with E-state index in [2.05, 4.69) is 97.9 Å². The maximum absolute atomic E-state index is 14.6. The molecule has 0 bridgehead atoms. The zero-order valence-corrected chi connectivity index (χ0v) is 33.7. The van der Waals surface area contributed by atoms with E-state index in [1.165, 1.54) is 91.8 Å². The lowest BCUT2D eigenvalue weighted by Gasteiger charge is -2.42. The zero-order chi connectivity index (χ0) is 35.0. The van der Waals surface area contributed by atoms with E-state index in [0.717, 1.165) is 17.2 Å². The van der Waals surface area contributed by atoms with Gasteiger partial charge in [-0.05, 0) is 109 Å². The van der Waals surface area contributed by atoms with Crippen LogP contribution in [0.25, 0.3) is 0 Å². The third-order valence-electron chi connectivity index (χ3n) is 10.6. The van der Waals surface area contributed by atoms with Gasteiger partial charge in [-0.25, -0.2) is 8.51 Å². The Kier molecular flexibility index (Phi) is 11.7. The van der Waals surface area contributed by atoms with Crippen molar-refractivity contribution in [2.75, 3.05) is 27.4 Å². The van der Waals surface area contributed by atoms with Crippen molar-refractivity contribution in [2.45, 2.75) is 159 Å². The summed E-state index contributed by atoms with van der Waals surface area (Å²) in [6, 6.07) is 9.17. The molecule has 2 aromatic carbocycles. The number of nitrogens with zero attached hydrogens (tertiary/aromatic N) is 1. The molecule has 0 unspecified atom stereocenters. The van der Waals surface area contributed by atoms with Crippen LogP contribution in [0.15, 0.2) is 24.3 Å². The van der Waals surface area contributed by atoms with E-state index in [-0.39, 0.29) is 16.9 Å². The lowest BCUT2D eigenvalue weighted by atomic mass is 9.77. The highest BCUT2D eigenvalue weighted by Gasteiger charge is 2.40. The number of ether oxygens (including phenoxy) is 3. The van der Waals surface area contributed by atoms with Crippen molar-refractivity contribution in [3.63, 3.8) is 0 Å². The molecule has 1 heterocycles. The van der Waals surface area contributed by atoms with Gasteiger partial charge < -0.3 is 14.2 Å². The molecule has 48 heavy (non-hydrogen) atoms. The van der Waals surface area contributed by atoms with Gasteiger partial charge in [0.1, 0.15) is 29.9 Å². The van der Waals surface area contributed by atoms with Crippen molar-refractivity contribution in [1.82, 2.24) is 4.31 Å². The van der Waals surface area contributed by atoms with Gasteiger partial charge in [0.2, 0.25) is 0 Å². The van der Waals surface area contributed by atoms with Gasteiger partial charge in [0.15, 0.2) is 11.5 Å². The Morgan fingerprint density at radius 1 is 0.750 bits per heavy atom.